The zero-order valence-corrected chi connectivity index (χ0v) is 17.6. The number of nitrogens with one attached hydrogen (secondary N) is 1. The molecule has 28 heavy (non-hydrogen) atoms. The maximum atomic E-state index is 11.9. The maximum Gasteiger partial charge on any atom is 0.250 e. The van der Waals surface area contributed by atoms with Crippen LogP contribution < -0.4 is 5.43 Å². The fraction of sp³-hybridized carbons (Fsp3) is 0.111. The number of aromatic hydroxyl groups is 1. The summed E-state index contributed by atoms with van der Waals surface area (Å²) in [5, 5.41) is 22.1. The van der Waals surface area contributed by atoms with Crippen molar-refractivity contribution in [1.29, 1.82) is 0 Å². The van der Waals surface area contributed by atoms with Gasteiger partial charge >= 0.3 is 0 Å². The van der Waals surface area contributed by atoms with Crippen LogP contribution in [0.25, 0.3) is 0 Å². The Bertz CT molecular complexity index is 963. The molecule has 6 nitrogen and oxygen atoms in total. The van der Waals surface area contributed by atoms with Gasteiger partial charge in [-0.1, -0.05) is 64.7 Å². The van der Waals surface area contributed by atoms with Gasteiger partial charge in [0, 0.05) is 10.8 Å². The van der Waals surface area contributed by atoms with Crippen LogP contribution in [0.5, 0.6) is 5.75 Å². The molecule has 0 fully saturated rings. The standard InChI is InChI=1S/C18H15ClN4O2S3/c19-15-4-2-1-3-13(15)10-26-17-22-23-18(28-17)27-11-16(25)21-20-9-12-5-7-14(24)8-6-12/h1-9,24H,10-11H2,(H,21,25)/b20-9-. The van der Waals surface area contributed by atoms with E-state index < -0.39 is 0 Å². The number of thioether (sulfide) groups is 2. The molecule has 0 radical (unpaired) electrons. The highest BCUT2D eigenvalue weighted by molar-refractivity contribution is 8.03. The Hall–Kier alpha value is -2.07. The number of phenols is 1. The summed E-state index contributed by atoms with van der Waals surface area (Å²) in [6.07, 6.45) is 1.51. The molecule has 0 aliphatic carbocycles. The minimum absolute atomic E-state index is 0.180. The lowest BCUT2D eigenvalue weighted by molar-refractivity contribution is -0.118. The first-order valence-corrected chi connectivity index (χ1v) is 11.2. The lowest BCUT2D eigenvalue weighted by Gasteiger charge is -2.00. The number of carbonyl (C=O) groups is 1. The average Bonchev–Trinajstić information content (AvgIpc) is 3.15. The van der Waals surface area contributed by atoms with E-state index in [-0.39, 0.29) is 17.4 Å². The Balaban J connectivity index is 1.41. The van der Waals surface area contributed by atoms with Crippen molar-refractivity contribution in [2.75, 3.05) is 5.75 Å². The maximum absolute atomic E-state index is 11.9. The molecule has 1 heterocycles. The van der Waals surface area contributed by atoms with Gasteiger partial charge in [0.15, 0.2) is 8.68 Å². The summed E-state index contributed by atoms with van der Waals surface area (Å²) in [7, 11) is 0. The van der Waals surface area contributed by atoms with Gasteiger partial charge in [-0.2, -0.15) is 5.10 Å². The van der Waals surface area contributed by atoms with Crippen molar-refractivity contribution < 1.29 is 9.90 Å². The van der Waals surface area contributed by atoms with E-state index in [0.717, 1.165) is 24.8 Å². The van der Waals surface area contributed by atoms with Crippen LogP contribution in [-0.2, 0) is 10.5 Å². The molecule has 0 aliphatic heterocycles. The highest BCUT2D eigenvalue weighted by Gasteiger charge is 2.09. The summed E-state index contributed by atoms with van der Waals surface area (Å²) in [6.45, 7) is 0. The summed E-state index contributed by atoms with van der Waals surface area (Å²) < 4.78 is 1.55. The molecule has 3 rings (SSSR count). The number of hydrazone groups is 1. The van der Waals surface area contributed by atoms with E-state index >= 15 is 0 Å². The minimum atomic E-state index is -0.236. The van der Waals surface area contributed by atoms with Crippen LogP contribution in [0.1, 0.15) is 11.1 Å². The molecule has 144 valence electrons. The Morgan fingerprint density at radius 3 is 2.61 bits per heavy atom. The van der Waals surface area contributed by atoms with E-state index in [1.54, 1.807) is 36.0 Å². The van der Waals surface area contributed by atoms with Gasteiger partial charge in [-0.05, 0) is 41.5 Å². The summed E-state index contributed by atoms with van der Waals surface area (Å²) in [5.41, 5.74) is 4.28. The van der Waals surface area contributed by atoms with Crippen molar-refractivity contribution in [2.45, 2.75) is 14.4 Å². The molecular weight excluding hydrogens is 436 g/mol. The van der Waals surface area contributed by atoms with Gasteiger partial charge in [-0.25, -0.2) is 5.43 Å². The fourth-order valence-electron chi connectivity index (χ4n) is 1.97. The van der Waals surface area contributed by atoms with E-state index in [0.29, 0.717) is 5.75 Å². The van der Waals surface area contributed by atoms with Crippen molar-refractivity contribution in [1.82, 2.24) is 15.6 Å². The first kappa shape index (κ1) is 20.7. The summed E-state index contributed by atoms with van der Waals surface area (Å²) in [4.78, 5) is 11.9. The highest BCUT2D eigenvalue weighted by atomic mass is 35.5. The van der Waals surface area contributed by atoms with E-state index in [4.69, 9.17) is 11.6 Å². The smallest absolute Gasteiger partial charge is 0.250 e. The van der Waals surface area contributed by atoms with Gasteiger partial charge in [0.2, 0.25) is 0 Å². The molecular formula is C18H15ClN4O2S3. The summed E-state index contributed by atoms with van der Waals surface area (Å²) >= 11 is 10.5. The van der Waals surface area contributed by atoms with Crippen molar-refractivity contribution in [2.24, 2.45) is 5.10 Å². The van der Waals surface area contributed by atoms with Gasteiger partial charge in [0.25, 0.3) is 5.91 Å². The molecule has 0 unspecified atom stereocenters. The largest absolute Gasteiger partial charge is 0.508 e. The highest BCUT2D eigenvalue weighted by Crippen LogP contribution is 2.32. The van der Waals surface area contributed by atoms with Crippen LogP contribution in [0.3, 0.4) is 0 Å². The number of benzene rings is 2. The zero-order chi connectivity index (χ0) is 19.8. The molecule has 0 saturated carbocycles. The van der Waals surface area contributed by atoms with Crippen molar-refractivity contribution in [3.8, 4) is 5.75 Å². The normalized spacial score (nSPS) is 11.0. The van der Waals surface area contributed by atoms with E-state index in [1.165, 1.54) is 29.3 Å². The number of nitrogens with zero attached hydrogens (tertiary/aromatic N) is 3. The molecule has 10 heteroatoms. The third-order valence-corrected chi connectivity index (χ3v) is 6.93. The number of halogens is 1. The molecule has 2 aromatic carbocycles. The van der Waals surface area contributed by atoms with Crippen molar-refractivity contribution in [3.05, 3.63) is 64.7 Å². The first-order chi connectivity index (χ1) is 13.6. The van der Waals surface area contributed by atoms with Crippen LogP contribution in [0.15, 0.2) is 62.3 Å². The van der Waals surface area contributed by atoms with Crippen molar-refractivity contribution >= 4 is 58.6 Å². The number of amides is 1. The minimum Gasteiger partial charge on any atom is -0.508 e. The van der Waals surface area contributed by atoms with Crippen LogP contribution in [-0.4, -0.2) is 33.2 Å². The molecule has 1 amide bonds. The Labute approximate surface area is 179 Å². The molecule has 0 spiro atoms. The summed E-state index contributed by atoms with van der Waals surface area (Å²) in [5.74, 6) is 0.849. The zero-order valence-electron chi connectivity index (χ0n) is 14.4. The average molecular weight is 451 g/mol. The number of carbonyl (C=O) groups excluding carboxylic acids is 1. The number of hydrogen-bond donors (Lipinski definition) is 2. The second-order valence-electron chi connectivity index (χ2n) is 5.39. The third-order valence-electron chi connectivity index (χ3n) is 3.32. The second kappa shape index (κ2) is 10.5. The SMILES string of the molecule is O=C(CSc1nnc(SCc2ccccc2Cl)s1)N/N=C\c1ccc(O)cc1. The van der Waals surface area contributed by atoms with E-state index in [2.05, 4.69) is 20.7 Å². The molecule has 2 N–H and O–H groups in total. The number of hydrogen-bond acceptors (Lipinski definition) is 8. The molecule has 0 aliphatic rings. The molecule has 0 saturated heterocycles. The second-order valence-corrected chi connectivity index (χ2v) is 9.22. The molecule has 0 bridgehead atoms. The first-order valence-electron chi connectivity index (χ1n) is 8.03. The predicted octanol–water partition coefficient (Wildman–Crippen LogP) is 4.43. The Morgan fingerprint density at radius 1 is 1.14 bits per heavy atom. The molecule has 0 atom stereocenters. The number of aromatic nitrogens is 2. The lowest BCUT2D eigenvalue weighted by atomic mass is 10.2. The third kappa shape index (κ3) is 6.52. The Kier molecular flexibility index (Phi) is 7.72. The van der Waals surface area contributed by atoms with E-state index in [1.807, 2.05) is 24.3 Å². The molecule has 3 aromatic rings. The van der Waals surface area contributed by atoms with Gasteiger partial charge in [0.1, 0.15) is 5.75 Å². The Morgan fingerprint density at radius 2 is 1.86 bits per heavy atom. The van der Waals surface area contributed by atoms with Crippen LogP contribution in [0.2, 0.25) is 5.02 Å². The summed E-state index contributed by atoms with van der Waals surface area (Å²) in [6, 6.07) is 14.2. The van der Waals surface area contributed by atoms with Crippen LogP contribution in [0.4, 0.5) is 0 Å². The van der Waals surface area contributed by atoms with Gasteiger partial charge in [-0.15, -0.1) is 10.2 Å². The quantitative estimate of drug-likeness (QED) is 0.300. The van der Waals surface area contributed by atoms with Crippen molar-refractivity contribution in [3.63, 3.8) is 0 Å². The fourth-order valence-corrected chi connectivity index (χ4v) is 5.07. The predicted molar refractivity (Wildman–Crippen MR) is 115 cm³/mol. The van der Waals surface area contributed by atoms with Crippen LogP contribution in [0, 0.1) is 0 Å². The van der Waals surface area contributed by atoms with Gasteiger partial charge in [0.05, 0.1) is 12.0 Å². The number of rotatable bonds is 8. The lowest BCUT2D eigenvalue weighted by Crippen LogP contribution is -2.19. The van der Waals surface area contributed by atoms with Gasteiger partial charge < -0.3 is 5.11 Å². The van der Waals surface area contributed by atoms with E-state index in [9.17, 15) is 9.90 Å². The molecule has 1 aromatic heterocycles. The van der Waals surface area contributed by atoms with Gasteiger partial charge in [-0.3, -0.25) is 4.79 Å². The van der Waals surface area contributed by atoms with Crippen LogP contribution >= 0.6 is 46.5 Å². The monoisotopic (exact) mass is 450 g/mol. The number of phenolic OH excluding ortho intramolecular Hbond substituents is 1. The topological polar surface area (TPSA) is 87.5 Å².